The predicted molar refractivity (Wildman–Crippen MR) is 61.7 cm³/mol. The monoisotopic (exact) mass is 242 g/mol. The van der Waals surface area contributed by atoms with Crippen molar-refractivity contribution in [1.82, 2.24) is 10.6 Å². The van der Waals surface area contributed by atoms with Crippen LogP contribution < -0.4 is 10.6 Å². The molecule has 0 aliphatic carbocycles. The lowest BCUT2D eigenvalue weighted by molar-refractivity contribution is -0.118. The van der Waals surface area contributed by atoms with Crippen LogP contribution in [0.4, 0.5) is 0 Å². The van der Waals surface area contributed by atoms with E-state index >= 15 is 0 Å². The number of carboxylic acids is 1. The van der Waals surface area contributed by atoms with Crippen LogP contribution in [0, 0.1) is 0 Å². The van der Waals surface area contributed by atoms with Crippen LogP contribution >= 0.6 is 11.3 Å². The number of rotatable bonds is 6. The summed E-state index contributed by atoms with van der Waals surface area (Å²) in [6, 6.07) is 1.79. The van der Waals surface area contributed by atoms with Gasteiger partial charge in [-0.3, -0.25) is 4.79 Å². The Balaban J connectivity index is 2.29. The van der Waals surface area contributed by atoms with Gasteiger partial charge in [0, 0.05) is 26.6 Å². The second kappa shape index (κ2) is 6.24. The normalized spacial score (nSPS) is 10.1. The number of carbonyl (C=O) groups is 2. The maximum Gasteiger partial charge on any atom is 0.346 e. The molecule has 0 aromatic carbocycles. The van der Waals surface area contributed by atoms with Crippen molar-refractivity contribution < 1.29 is 14.7 Å². The van der Waals surface area contributed by atoms with Crippen molar-refractivity contribution >= 4 is 23.2 Å². The largest absolute Gasteiger partial charge is 0.477 e. The molecular weight excluding hydrogens is 228 g/mol. The lowest BCUT2D eigenvalue weighted by Crippen LogP contribution is -2.30. The summed E-state index contributed by atoms with van der Waals surface area (Å²) in [7, 11) is 0. The van der Waals surface area contributed by atoms with Crippen LogP contribution in [-0.2, 0) is 11.3 Å². The second-order valence-electron chi connectivity index (χ2n) is 3.24. The number of aromatic carboxylic acids is 1. The Bertz CT molecular complexity index is 376. The van der Waals surface area contributed by atoms with E-state index in [0.29, 0.717) is 24.5 Å². The molecule has 0 fully saturated rings. The van der Waals surface area contributed by atoms with Gasteiger partial charge in [0.1, 0.15) is 4.88 Å². The highest BCUT2D eigenvalue weighted by molar-refractivity contribution is 7.12. The average Bonchev–Trinajstić information content (AvgIpc) is 2.65. The third kappa shape index (κ3) is 4.00. The molecule has 0 saturated carbocycles. The van der Waals surface area contributed by atoms with Crippen LogP contribution in [0.3, 0.4) is 0 Å². The van der Waals surface area contributed by atoms with Crippen molar-refractivity contribution in [1.29, 1.82) is 0 Å². The van der Waals surface area contributed by atoms with Crippen molar-refractivity contribution in [3.63, 3.8) is 0 Å². The maximum absolute atomic E-state index is 10.8. The van der Waals surface area contributed by atoms with Gasteiger partial charge in [0.05, 0.1) is 0 Å². The highest BCUT2D eigenvalue weighted by Gasteiger charge is 2.10. The lowest BCUT2D eigenvalue weighted by Gasteiger charge is -2.04. The number of amides is 1. The van der Waals surface area contributed by atoms with E-state index in [4.69, 9.17) is 5.11 Å². The molecule has 5 nitrogen and oxygen atoms in total. The van der Waals surface area contributed by atoms with Crippen molar-refractivity contribution in [3.8, 4) is 0 Å². The number of nitrogens with one attached hydrogen (secondary N) is 2. The lowest BCUT2D eigenvalue weighted by atomic mass is 10.2. The Labute approximate surface area is 97.5 Å². The van der Waals surface area contributed by atoms with Crippen LogP contribution in [0.5, 0.6) is 0 Å². The molecule has 1 aromatic rings. The molecule has 0 aliphatic heterocycles. The molecular formula is C10H14N2O3S. The summed E-state index contributed by atoms with van der Waals surface area (Å²) in [4.78, 5) is 21.7. The van der Waals surface area contributed by atoms with Gasteiger partial charge in [0.15, 0.2) is 0 Å². The summed E-state index contributed by atoms with van der Waals surface area (Å²) < 4.78 is 0. The molecule has 16 heavy (non-hydrogen) atoms. The highest BCUT2D eigenvalue weighted by atomic mass is 32.1. The first-order valence-electron chi connectivity index (χ1n) is 4.86. The zero-order valence-corrected chi connectivity index (χ0v) is 9.76. The van der Waals surface area contributed by atoms with E-state index in [2.05, 4.69) is 10.6 Å². The van der Waals surface area contributed by atoms with Crippen LogP contribution in [0.25, 0.3) is 0 Å². The summed E-state index contributed by atoms with van der Waals surface area (Å²) in [5.41, 5.74) is 0.778. The number of thiophene rings is 1. The minimum Gasteiger partial charge on any atom is -0.477 e. The van der Waals surface area contributed by atoms with Crippen LogP contribution in [0.2, 0.25) is 0 Å². The minimum atomic E-state index is -0.895. The van der Waals surface area contributed by atoms with Gasteiger partial charge in [-0.1, -0.05) is 0 Å². The molecule has 0 unspecified atom stereocenters. The van der Waals surface area contributed by atoms with Gasteiger partial charge in [-0.15, -0.1) is 11.3 Å². The summed E-state index contributed by atoms with van der Waals surface area (Å²) >= 11 is 1.22. The average molecular weight is 242 g/mol. The summed E-state index contributed by atoms with van der Waals surface area (Å²) in [6.07, 6.45) is 0. The van der Waals surface area contributed by atoms with E-state index in [0.717, 1.165) is 5.56 Å². The van der Waals surface area contributed by atoms with Crippen LogP contribution in [0.1, 0.15) is 22.2 Å². The van der Waals surface area contributed by atoms with E-state index in [1.165, 1.54) is 18.3 Å². The highest BCUT2D eigenvalue weighted by Crippen LogP contribution is 2.16. The van der Waals surface area contributed by atoms with E-state index in [9.17, 15) is 9.59 Å². The van der Waals surface area contributed by atoms with Crippen molar-refractivity contribution in [3.05, 3.63) is 21.9 Å². The van der Waals surface area contributed by atoms with Crippen molar-refractivity contribution in [2.24, 2.45) is 0 Å². The first-order valence-corrected chi connectivity index (χ1v) is 5.74. The van der Waals surface area contributed by atoms with Crippen LogP contribution in [0.15, 0.2) is 11.4 Å². The Morgan fingerprint density at radius 2 is 2.19 bits per heavy atom. The first kappa shape index (κ1) is 12.7. The van der Waals surface area contributed by atoms with Gasteiger partial charge in [0.25, 0.3) is 0 Å². The zero-order valence-electron chi connectivity index (χ0n) is 8.95. The van der Waals surface area contributed by atoms with Gasteiger partial charge in [-0.2, -0.15) is 0 Å². The minimum absolute atomic E-state index is 0.0661. The predicted octanol–water partition coefficient (Wildman–Crippen LogP) is 0.672. The molecule has 0 spiro atoms. The van der Waals surface area contributed by atoms with E-state index in [-0.39, 0.29) is 5.91 Å². The number of hydrogen-bond donors (Lipinski definition) is 3. The molecule has 1 heterocycles. The SMILES string of the molecule is CC(=O)NCCNCc1ccsc1C(=O)O. The number of carboxylic acid groups (broad SMARTS) is 1. The Kier molecular flexibility index (Phi) is 4.94. The quantitative estimate of drug-likeness (QED) is 0.641. The maximum atomic E-state index is 10.8. The van der Waals surface area contributed by atoms with Gasteiger partial charge >= 0.3 is 5.97 Å². The number of hydrogen-bond acceptors (Lipinski definition) is 4. The molecule has 88 valence electrons. The summed E-state index contributed by atoms with van der Waals surface area (Å²) in [5, 5.41) is 16.3. The molecule has 0 aliphatic rings. The van der Waals surface area contributed by atoms with Crippen molar-refractivity contribution in [2.75, 3.05) is 13.1 Å². The fraction of sp³-hybridized carbons (Fsp3) is 0.400. The fourth-order valence-corrected chi connectivity index (χ4v) is 1.97. The first-order chi connectivity index (χ1) is 7.61. The topological polar surface area (TPSA) is 78.4 Å². The smallest absolute Gasteiger partial charge is 0.346 e. The number of carbonyl (C=O) groups excluding carboxylic acids is 1. The molecule has 3 N–H and O–H groups in total. The molecule has 0 atom stereocenters. The Hall–Kier alpha value is -1.40. The van der Waals surface area contributed by atoms with E-state index in [1.807, 2.05) is 0 Å². The van der Waals surface area contributed by atoms with E-state index in [1.54, 1.807) is 11.4 Å². The molecule has 0 bridgehead atoms. The van der Waals surface area contributed by atoms with Crippen molar-refractivity contribution in [2.45, 2.75) is 13.5 Å². The standard InChI is InChI=1S/C10H14N2O3S/c1-7(13)12-4-3-11-6-8-2-5-16-9(8)10(14)15/h2,5,11H,3-4,6H2,1H3,(H,12,13)(H,14,15). The van der Waals surface area contributed by atoms with Gasteiger partial charge in [-0.25, -0.2) is 4.79 Å². The van der Waals surface area contributed by atoms with Gasteiger partial charge in [0.2, 0.25) is 5.91 Å². The van der Waals surface area contributed by atoms with E-state index < -0.39 is 5.97 Å². The molecule has 1 aromatic heterocycles. The second-order valence-corrected chi connectivity index (χ2v) is 4.16. The van der Waals surface area contributed by atoms with Crippen LogP contribution in [-0.4, -0.2) is 30.1 Å². The molecule has 1 rings (SSSR count). The van der Waals surface area contributed by atoms with Gasteiger partial charge in [-0.05, 0) is 17.0 Å². The third-order valence-electron chi connectivity index (χ3n) is 1.93. The van der Waals surface area contributed by atoms with Gasteiger partial charge < -0.3 is 15.7 Å². The Morgan fingerprint density at radius 1 is 1.44 bits per heavy atom. The Morgan fingerprint density at radius 3 is 2.81 bits per heavy atom. The third-order valence-corrected chi connectivity index (χ3v) is 2.88. The fourth-order valence-electron chi connectivity index (χ4n) is 1.21. The summed E-state index contributed by atoms with van der Waals surface area (Å²) in [6.45, 7) is 3.13. The zero-order chi connectivity index (χ0) is 12.0. The molecule has 1 amide bonds. The molecule has 0 saturated heterocycles. The molecule has 0 radical (unpaired) electrons. The summed E-state index contributed by atoms with van der Waals surface area (Å²) in [5.74, 6) is -0.961. The molecule has 6 heteroatoms.